The summed E-state index contributed by atoms with van der Waals surface area (Å²) < 4.78 is 38.8. The van der Waals surface area contributed by atoms with Crippen LogP contribution in [-0.4, -0.2) is 110 Å². The summed E-state index contributed by atoms with van der Waals surface area (Å²) in [6.07, 6.45) is 12.4. The standard InChI is InChI=1S/C51H66N2O11/c1-3-5-28-60-50(57)53(23-30-58-31-26-56)46-35-44(52-64-47-18-10-13-29-59-47)42-33-38(16-8-11-24-54)41(17-9-12-25-55)48-43-34-40(62-39-20-19-36-14-6-7-15-37(36)32-39)21-22-45(43)63-51(46,49(42)48)61-27-4-2/h3-4,6-7,14-15,19-22,32-34,38,41,46-49,54-56H,1-2,5,8-13,16-18,23-31,35H2/t38-,41+,46-,47?,48+,49+,51+/m0/s1. The molecule has 0 aromatic heterocycles. The second-order valence-electron chi connectivity index (χ2n) is 17.0. The summed E-state index contributed by atoms with van der Waals surface area (Å²) in [5.41, 5.74) is 2.51. The molecule has 3 aromatic rings. The Hall–Kier alpha value is -4.76. The molecular weight excluding hydrogens is 817 g/mol. The highest BCUT2D eigenvalue weighted by atomic mass is 16.8. The minimum Gasteiger partial charge on any atom is -0.459 e. The van der Waals surface area contributed by atoms with Gasteiger partial charge >= 0.3 is 6.09 Å². The number of amides is 1. The quantitative estimate of drug-likeness (QED) is 0.0449. The number of allylic oxidation sites excluding steroid dienone is 1. The van der Waals surface area contributed by atoms with Crippen molar-refractivity contribution in [2.75, 3.05) is 59.4 Å². The van der Waals surface area contributed by atoms with Crippen molar-refractivity contribution in [2.45, 2.75) is 94.7 Å². The van der Waals surface area contributed by atoms with Crippen molar-refractivity contribution in [1.29, 1.82) is 0 Å². The molecular formula is C51H66N2O11. The summed E-state index contributed by atoms with van der Waals surface area (Å²) in [4.78, 5) is 22.4. The van der Waals surface area contributed by atoms with Crippen molar-refractivity contribution in [3.63, 3.8) is 0 Å². The number of aliphatic hydroxyl groups excluding tert-OH is 3. The lowest BCUT2D eigenvalue weighted by Crippen LogP contribution is -2.70. The van der Waals surface area contributed by atoms with Crippen LogP contribution in [0.25, 0.3) is 10.8 Å². The van der Waals surface area contributed by atoms with Crippen molar-refractivity contribution in [3.8, 4) is 17.2 Å². The number of unbranched alkanes of at least 4 members (excludes halogenated alkanes) is 2. The van der Waals surface area contributed by atoms with Crippen LogP contribution >= 0.6 is 0 Å². The zero-order valence-corrected chi connectivity index (χ0v) is 37.0. The predicted molar refractivity (Wildman–Crippen MR) is 244 cm³/mol. The topological polar surface area (TPSA) is 158 Å². The van der Waals surface area contributed by atoms with E-state index in [1.807, 2.05) is 36.4 Å². The fraction of sp³-hybridized carbons (Fsp3) is 0.529. The molecule has 2 aliphatic carbocycles. The third kappa shape index (κ3) is 11.0. The van der Waals surface area contributed by atoms with Gasteiger partial charge in [-0.25, -0.2) is 4.79 Å². The zero-order chi connectivity index (χ0) is 44.7. The van der Waals surface area contributed by atoms with Crippen LogP contribution in [0.15, 0.2) is 103 Å². The molecule has 1 saturated heterocycles. The van der Waals surface area contributed by atoms with Gasteiger partial charge in [0.05, 0.1) is 51.3 Å². The molecule has 2 heterocycles. The predicted octanol–water partition coefficient (Wildman–Crippen LogP) is 8.82. The fourth-order valence-electron chi connectivity index (χ4n) is 10.0. The molecule has 346 valence electrons. The molecule has 64 heavy (non-hydrogen) atoms. The summed E-state index contributed by atoms with van der Waals surface area (Å²) in [6.45, 7) is 8.98. The Morgan fingerprint density at radius 1 is 0.891 bits per heavy atom. The van der Waals surface area contributed by atoms with E-state index in [0.717, 1.165) is 60.4 Å². The number of hydrogen-bond donors (Lipinski definition) is 3. The zero-order valence-electron chi connectivity index (χ0n) is 37.0. The lowest BCUT2D eigenvalue weighted by Gasteiger charge is -2.59. The minimum atomic E-state index is -1.49. The summed E-state index contributed by atoms with van der Waals surface area (Å²) >= 11 is 0. The maximum absolute atomic E-state index is 14.5. The van der Waals surface area contributed by atoms with E-state index in [9.17, 15) is 20.1 Å². The van der Waals surface area contributed by atoms with Gasteiger partial charge in [0.15, 0.2) is 0 Å². The largest absolute Gasteiger partial charge is 0.459 e. The average molecular weight is 883 g/mol. The van der Waals surface area contributed by atoms with E-state index in [-0.39, 0.29) is 77.0 Å². The van der Waals surface area contributed by atoms with Crippen LogP contribution in [0.3, 0.4) is 0 Å². The summed E-state index contributed by atoms with van der Waals surface area (Å²) in [7, 11) is 0. The lowest BCUT2D eigenvalue weighted by molar-refractivity contribution is -0.256. The molecule has 1 unspecified atom stereocenters. The van der Waals surface area contributed by atoms with E-state index in [2.05, 4.69) is 43.5 Å². The number of ether oxygens (including phenoxy) is 6. The third-order valence-corrected chi connectivity index (χ3v) is 12.9. The van der Waals surface area contributed by atoms with E-state index >= 15 is 0 Å². The first-order chi connectivity index (χ1) is 31.4. The molecule has 13 heteroatoms. The van der Waals surface area contributed by atoms with Crippen molar-refractivity contribution < 1.29 is 53.4 Å². The second-order valence-corrected chi connectivity index (χ2v) is 17.0. The molecule has 0 spiro atoms. The van der Waals surface area contributed by atoms with Crippen molar-refractivity contribution in [2.24, 2.45) is 22.9 Å². The van der Waals surface area contributed by atoms with Gasteiger partial charge in [0.25, 0.3) is 0 Å². The number of fused-ring (bicyclic) bond motifs is 3. The van der Waals surface area contributed by atoms with Crippen molar-refractivity contribution >= 4 is 22.6 Å². The van der Waals surface area contributed by atoms with Gasteiger partial charge in [-0.05, 0) is 103 Å². The smallest absolute Gasteiger partial charge is 0.410 e. The molecule has 4 aliphatic rings. The van der Waals surface area contributed by atoms with Gasteiger partial charge in [0.2, 0.25) is 12.1 Å². The number of oxime groups is 1. The SMILES string of the molecule is C=CCCOC(=O)N(CCOCCO)[C@H]1CC(=NOC2CCCCO2)C2=C[C@H](CCCCO)[C@@H](CCCCO)[C@@H]3c4cc(Oc5ccc6ccccc6c5)ccc4O[C@@]1(OCC=C)[C@H]23. The van der Waals surface area contributed by atoms with Gasteiger partial charge in [-0.15, -0.1) is 13.2 Å². The van der Waals surface area contributed by atoms with Crippen LogP contribution in [0, 0.1) is 17.8 Å². The fourth-order valence-corrected chi connectivity index (χ4v) is 10.0. The number of carbonyl (C=O) groups excluding carboxylic acids is 1. The van der Waals surface area contributed by atoms with E-state index in [1.54, 1.807) is 17.1 Å². The molecule has 7 atom stereocenters. The van der Waals surface area contributed by atoms with Gasteiger partial charge in [-0.1, -0.05) is 66.6 Å². The van der Waals surface area contributed by atoms with Crippen LogP contribution < -0.4 is 9.47 Å². The van der Waals surface area contributed by atoms with Gasteiger partial charge in [0, 0.05) is 44.1 Å². The summed E-state index contributed by atoms with van der Waals surface area (Å²) in [5, 5.41) is 36.7. The Morgan fingerprint density at radius 3 is 2.45 bits per heavy atom. The molecule has 2 aliphatic heterocycles. The number of benzene rings is 3. The van der Waals surface area contributed by atoms with Gasteiger partial charge < -0.3 is 48.6 Å². The maximum Gasteiger partial charge on any atom is 0.410 e. The molecule has 1 amide bonds. The average Bonchev–Trinajstić information content (AvgIpc) is 3.32. The highest BCUT2D eigenvalue weighted by Crippen LogP contribution is 2.62. The van der Waals surface area contributed by atoms with Gasteiger partial charge in [0.1, 0.15) is 23.3 Å². The molecule has 13 nitrogen and oxygen atoms in total. The Morgan fingerprint density at radius 2 is 1.69 bits per heavy atom. The van der Waals surface area contributed by atoms with Crippen LogP contribution in [0.2, 0.25) is 0 Å². The van der Waals surface area contributed by atoms with Crippen LogP contribution in [-0.2, 0) is 23.8 Å². The Labute approximate surface area is 377 Å². The molecule has 3 N–H and O–H groups in total. The molecule has 1 saturated carbocycles. The molecule has 2 fully saturated rings. The summed E-state index contributed by atoms with van der Waals surface area (Å²) in [5.74, 6) is -0.249. The minimum absolute atomic E-state index is 0.0211. The second kappa shape index (κ2) is 23.4. The van der Waals surface area contributed by atoms with Crippen molar-refractivity contribution in [1.82, 2.24) is 4.90 Å². The number of hydrogen-bond acceptors (Lipinski definition) is 12. The number of rotatable bonds is 24. The van der Waals surface area contributed by atoms with E-state index < -0.39 is 30.1 Å². The molecule has 3 aromatic carbocycles. The first-order valence-electron chi connectivity index (χ1n) is 23.2. The van der Waals surface area contributed by atoms with E-state index in [4.69, 9.17) is 38.4 Å². The third-order valence-electron chi connectivity index (χ3n) is 12.9. The van der Waals surface area contributed by atoms with Crippen LogP contribution in [0.4, 0.5) is 4.79 Å². The molecule has 0 bridgehead atoms. The maximum atomic E-state index is 14.5. The van der Waals surface area contributed by atoms with Gasteiger partial charge in [-0.3, -0.25) is 4.90 Å². The van der Waals surface area contributed by atoms with Crippen LogP contribution in [0.1, 0.15) is 82.1 Å². The Balaban J connectivity index is 1.42. The lowest BCUT2D eigenvalue weighted by atomic mass is 9.55. The Kier molecular flexibility index (Phi) is 17.3. The normalized spacial score (nSPS) is 25.4. The number of carbonyl (C=O) groups is 1. The first kappa shape index (κ1) is 47.2. The molecule has 0 radical (unpaired) electrons. The number of aliphatic hydroxyl groups is 3. The highest BCUT2D eigenvalue weighted by molar-refractivity contribution is 6.03. The molecule has 7 rings (SSSR count). The summed E-state index contributed by atoms with van der Waals surface area (Å²) in [6, 6.07) is 19.3. The Bertz CT molecular complexity index is 2070. The number of nitrogens with zero attached hydrogens (tertiary/aromatic N) is 2. The van der Waals surface area contributed by atoms with Gasteiger partial charge in [-0.2, -0.15) is 0 Å². The van der Waals surface area contributed by atoms with E-state index in [0.29, 0.717) is 55.3 Å². The first-order valence-corrected chi connectivity index (χ1v) is 23.2. The van der Waals surface area contributed by atoms with Crippen molar-refractivity contribution in [3.05, 3.63) is 103 Å². The highest BCUT2D eigenvalue weighted by Gasteiger charge is 2.65. The monoisotopic (exact) mass is 882 g/mol. The van der Waals surface area contributed by atoms with Crippen LogP contribution in [0.5, 0.6) is 17.2 Å². The van der Waals surface area contributed by atoms with E-state index in [1.165, 1.54) is 0 Å².